The summed E-state index contributed by atoms with van der Waals surface area (Å²) < 4.78 is 11.5. The topological polar surface area (TPSA) is 62.3 Å². The average molecular weight is 407 g/mol. The van der Waals surface area contributed by atoms with Gasteiger partial charge in [-0.3, -0.25) is 14.5 Å². The molecule has 0 N–H and O–H groups in total. The van der Waals surface area contributed by atoms with Crippen LogP contribution in [0.4, 0.5) is 5.69 Å². The van der Waals surface area contributed by atoms with Gasteiger partial charge in [0, 0.05) is 38.4 Å². The molecule has 0 spiro atoms. The number of amides is 2. The van der Waals surface area contributed by atoms with Crippen LogP contribution < -0.4 is 14.4 Å². The number of carbonyl (C=O) groups is 2. The van der Waals surface area contributed by atoms with Crippen molar-refractivity contribution in [1.82, 2.24) is 9.80 Å². The number of benzene rings is 2. The number of hydrogen-bond acceptors (Lipinski definition) is 5. The highest BCUT2D eigenvalue weighted by Gasteiger charge is 2.33. The summed E-state index contributed by atoms with van der Waals surface area (Å²) in [6.45, 7) is 3.88. The second-order valence-corrected chi connectivity index (χ2v) is 7.89. The highest BCUT2D eigenvalue weighted by atomic mass is 16.6. The van der Waals surface area contributed by atoms with Crippen LogP contribution in [0.1, 0.15) is 5.56 Å². The molecule has 2 aromatic carbocycles. The molecule has 2 aromatic rings. The lowest BCUT2D eigenvalue weighted by Gasteiger charge is -2.37. The molecule has 1 saturated heterocycles. The van der Waals surface area contributed by atoms with Crippen molar-refractivity contribution in [2.45, 2.75) is 12.5 Å². The van der Waals surface area contributed by atoms with Gasteiger partial charge in [-0.1, -0.05) is 30.3 Å². The number of fused-ring (bicyclic) bond motifs is 2. The molecule has 3 aliphatic rings. The molecule has 0 saturated carbocycles. The largest absolute Gasteiger partial charge is 0.485 e. The van der Waals surface area contributed by atoms with Gasteiger partial charge in [0.15, 0.2) is 11.5 Å². The highest BCUT2D eigenvalue weighted by Crippen LogP contribution is 2.31. The molecule has 5 rings (SSSR count). The molecule has 0 aromatic heterocycles. The van der Waals surface area contributed by atoms with E-state index in [9.17, 15) is 9.59 Å². The van der Waals surface area contributed by atoms with Gasteiger partial charge in [0.05, 0.1) is 6.54 Å². The van der Waals surface area contributed by atoms with Gasteiger partial charge in [0.2, 0.25) is 12.0 Å². The number of rotatable bonds is 3. The standard InChI is InChI=1S/C23H25N3O4/c27-22(26-10-9-17-5-1-2-6-18(17)26)15-24-11-13-25(14-12-24)23(28)21-16-29-19-7-3-4-8-20(19)30-21/h1-8,21H,9-16H2/t21-/m0/s1. The van der Waals surface area contributed by atoms with Crippen LogP contribution in [0.25, 0.3) is 0 Å². The summed E-state index contributed by atoms with van der Waals surface area (Å²) in [5.41, 5.74) is 2.27. The van der Waals surface area contributed by atoms with E-state index in [0.29, 0.717) is 44.2 Å². The minimum atomic E-state index is -0.616. The third-order valence-electron chi connectivity index (χ3n) is 6.02. The Labute approximate surface area is 175 Å². The summed E-state index contributed by atoms with van der Waals surface area (Å²) in [6.07, 6.45) is 0.297. The number of para-hydroxylation sites is 3. The Morgan fingerprint density at radius 3 is 2.47 bits per heavy atom. The summed E-state index contributed by atoms with van der Waals surface area (Å²) >= 11 is 0. The van der Waals surface area contributed by atoms with Crippen LogP contribution in [0.5, 0.6) is 11.5 Å². The summed E-state index contributed by atoms with van der Waals surface area (Å²) in [7, 11) is 0. The predicted octanol–water partition coefficient (Wildman–Crippen LogP) is 1.56. The van der Waals surface area contributed by atoms with Crippen LogP contribution in [0.15, 0.2) is 48.5 Å². The van der Waals surface area contributed by atoms with Gasteiger partial charge >= 0.3 is 0 Å². The van der Waals surface area contributed by atoms with Crippen molar-refractivity contribution in [3.05, 3.63) is 54.1 Å². The van der Waals surface area contributed by atoms with E-state index in [1.54, 1.807) is 0 Å². The minimum Gasteiger partial charge on any atom is -0.485 e. The number of nitrogens with zero attached hydrogens (tertiary/aromatic N) is 3. The second-order valence-electron chi connectivity index (χ2n) is 7.89. The molecule has 7 nitrogen and oxygen atoms in total. The normalized spacial score (nSPS) is 20.7. The second kappa shape index (κ2) is 7.99. The highest BCUT2D eigenvalue weighted by molar-refractivity contribution is 5.96. The maximum absolute atomic E-state index is 12.9. The first kappa shape index (κ1) is 18.9. The van der Waals surface area contributed by atoms with Crippen molar-refractivity contribution in [2.75, 3.05) is 50.8 Å². The third-order valence-corrected chi connectivity index (χ3v) is 6.02. The van der Waals surface area contributed by atoms with E-state index in [1.165, 1.54) is 5.56 Å². The Morgan fingerprint density at radius 1 is 0.900 bits per heavy atom. The van der Waals surface area contributed by atoms with Crippen molar-refractivity contribution in [3.63, 3.8) is 0 Å². The third kappa shape index (κ3) is 3.61. The quantitative estimate of drug-likeness (QED) is 0.773. The van der Waals surface area contributed by atoms with Crippen LogP contribution in [0.3, 0.4) is 0 Å². The Balaban J connectivity index is 1.14. The van der Waals surface area contributed by atoms with E-state index in [0.717, 1.165) is 18.7 Å². The molecular formula is C23H25N3O4. The van der Waals surface area contributed by atoms with Crippen molar-refractivity contribution < 1.29 is 19.1 Å². The fourth-order valence-electron chi connectivity index (χ4n) is 4.35. The van der Waals surface area contributed by atoms with Crippen molar-refractivity contribution in [2.24, 2.45) is 0 Å². The first-order valence-electron chi connectivity index (χ1n) is 10.5. The summed E-state index contributed by atoms with van der Waals surface area (Å²) in [4.78, 5) is 31.5. The predicted molar refractivity (Wildman–Crippen MR) is 112 cm³/mol. The molecular weight excluding hydrogens is 382 g/mol. The van der Waals surface area contributed by atoms with Crippen molar-refractivity contribution in [3.8, 4) is 11.5 Å². The van der Waals surface area contributed by atoms with Gasteiger partial charge < -0.3 is 19.3 Å². The molecule has 0 aliphatic carbocycles. The first-order valence-corrected chi connectivity index (χ1v) is 10.5. The van der Waals surface area contributed by atoms with Crippen LogP contribution in [0, 0.1) is 0 Å². The lowest BCUT2D eigenvalue weighted by Crippen LogP contribution is -2.55. The van der Waals surface area contributed by atoms with Crippen molar-refractivity contribution in [1.29, 1.82) is 0 Å². The fourth-order valence-corrected chi connectivity index (χ4v) is 4.35. The Kier molecular flexibility index (Phi) is 5.04. The lowest BCUT2D eigenvalue weighted by atomic mass is 10.2. The van der Waals surface area contributed by atoms with E-state index in [1.807, 2.05) is 52.3 Å². The minimum absolute atomic E-state index is 0.0519. The van der Waals surface area contributed by atoms with Gasteiger partial charge in [-0.2, -0.15) is 0 Å². The molecule has 7 heteroatoms. The number of piperazine rings is 1. The van der Waals surface area contributed by atoms with E-state index in [2.05, 4.69) is 11.0 Å². The summed E-state index contributed by atoms with van der Waals surface area (Å²) in [6, 6.07) is 15.5. The number of anilines is 1. The molecule has 1 fully saturated rings. The summed E-state index contributed by atoms with van der Waals surface area (Å²) in [5, 5.41) is 0. The fraction of sp³-hybridized carbons (Fsp3) is 0.391. The van der Waals surface area contributed by atoms with E-state index in [-0.39, 0.29) is 18.4 Å². The number of ether oxygens (including phenoxy) is 2. The van der Waals surface area contributed by atoms with Gasteiger partial charge in [-0.05, 0) is 30.2 Å². The monoisotopic (exact) mass is 407 g/mol. The van der Waals surface area contributed by atoms with Crippen LogP contribution in [-0.2, 0) is 16.0 Å². The van der Waals surface area contributed by atoms with E-state index in [4.69, 9.17) is 9.47 Å². The molecule has 156 valence electrons. The van der Waals surface area contributed by atoms with Gasteiger partial charge in [-0.15, -0.1) is 0 Å². The number of hydrogen-bond donors (Lipinski definition) is 0. The average Bonchev–Trinajstić information content (AvgIpc) is 3.23. The van der Waals surface area contributed by atoms with Crippen LogP contribution in [-0.4, -0.2) is 73.6 Å². The first-order chi connectivity index (χ1) is 14.7. The molecule has 0 unspecified atom stereocenters. The Bertz CT molecular complexity index is 955. The molecule has 0 radical (unpaired) electrons. The molecule has 2 amide bonds. The zero-order chi connectivity index (χ0) is 20.5. The smallest absolute Gasteiger partial charge is 0.267 e. The SMILES string of the molecule is O=C([C@@H]1COc2ccccc2O1)N1CCN(CC(=O)N2CCc3ccccc32)CC1. The van der Waals surface area contributed by atoms with Gasteiger partial charge in [0.1, 0.15) is 6.61 Å². The van der Waals surface area contributed by atoms with E-state index >= 15 is 0 Å². The molecule has 1 atom stereocenters. The molecule has 30 heavy (non-hydrogen) atoms. The molecule has 3 heterocycles. The lowest BCUT2D eigenvalue weighted by molar-refractivity contribution is -0.143. The maximum atomic E-state index is 12.9. The van der Waals surface area contributed by atoms with Gasteiger partial charge in [0.25, 0.3) is 5.91 Å². The summed E-state index contributed by atoms with van der Waals surface area (Å²) in [5.74, 6) is 1.36. The molecule has 0 bridgehead atoms. The Hall–Kier alpha value is -3.06. The maximum Gasteiger partial charge on any atom is 0.267 e. The Morgan fingerprint density at radius 2 is 1.63 bits per heavy atom. The van der Waals surface area contributed by atoms with Crippen molar-refractivity contribution >= 4 is 17.5 Å². The zero-order valence-corrected chi connectivity index (χ0v) is 16.8. The number of carbonyl (C=O) groups excluding carboxylic acids is 2. The van der Waals surface area contributed by atoms with E-state index < -0.39 is 6.10 Å². The van der Waals surface area contributed by atoms with Crippen LogP contribution in [0.2, 0.25) is 0 Å². The van der Waals surface area contributed by atoms with Gasteiger partial charge in [-0.25, -0.2) is 0 Å². The zero-order valence-electron chi connectivity index (χ0n) is 16.8. The van der Waals surface area contributed by atoms with Crippen LogP contribution >= 0.6 is 0 Å². The molecule has 3 aliphatic heterocycles.